The van der Waals surface area contributed by atoms with Crippen molar-refractivity contribution in [1.82, 2.24) is 10.2 Å². The number of carbonyl (C=O) groups excluding carboxylic acids is 2. The van der Waals surface area contributed by atoms with E-state index in [9.17, 15) is 14.0 Å². The Bertz CT molecular complexity index is 998. The summed E-state index contributed by atoms with van der Waals surface area (Å²) in [5, 5.41) is 4.02. The zero-order valence-corrected chi connectivity index (χ0v) is 20.8. The van der Waals surface area contributed by atoms with Gasteiger partial charge in [-0.25, -0.2) is 4.39 Å². The standard InChI is InChI=1S/C27H31Cl2FN2O2/c28-21-5-10-24(25(29)17-21)27(34)31-23-8-1-18(2-9-23)11-14-32-15-12-20(13-16-32)26(33)19-3-6-22(30)7-4-19/h3-7,10,17-18,20,23H,1-2,8-9,11-16H2,(H,31,34)/t18-,23-. The van der Waals surface area contributed by atoms with E-state index in [-0.39, 0.29) is 29.5 Å². The molecule has 182 valence electrons. The lowest BCUT2D eigenvalue weighted by Crippen LogP contribution is -2.39. The molecule has 2 aromatic rings. The lowest BCUT2D eigenvalue weighted by atomic mass is 9.83. The molecule has 1 N–H and O–H groups in total. The molecular weight excluding hydrogens is 474 g/mol. The van der Waals surface area contributed by atoms with Crippen molar-refractivity contribution in [3.05, 3.63) is 69.5 Å². The van der Waals surface area contributed by atoms with Gasteiger partial charge in [0.15, 0.2) is 5.78 Å². The molecule has 34 heavy (non-hydrogen) atoms. The number of hydrogen-bond donors (Lipinski definition) is 1. The van der Waals surface area contributed by atoms with Gasteiger partial charge in [0.25, 0.3) is 5.91 Å². The van der Waals surface area contributed by atoms with Crippen molar-refractivity contribution in [2.24, 2.45) is 11.8 Å². The van der Waals surface area contributed by atoms with Crippen LogP contribution in [0.15, 0.2) is 42.5 Å². The minimum Gasteiger partial charge on any atom is -0.349 e. The fourth-order valence-electron chi connectivity index (χ4n) is 5.17. The Morgan fingerprint density at radius 1 is 0.941 bits per heavy atom. The summed E-state index contributed by atoms with van der Waals surface area (Å²) < 4.78 is 13.1. The first kappa shape index (κ1) is 25.2. The molecule has 0 spiro atoms. The normalized spacial score (nSPS) is 21.9. The molecule has 4 nitrogen and oxygen atoms in total. The van der Waals surface area contributed by atoms with Crippen molar-refractivity contribution in [3.63, 3.8) is 0 Å². The van der Waals surface area contributed by atoms with E-state index < -0.39 is 0 Å². The Kier molecular flexibility index (Phi) is 8.62. The number of benzene rings is 2. The van der Waals surface area contributed by atoms with Crippen LogP contribution in [0.1, 0.15) is 65.7 Å². The maximum absolute atomic E-state index is 13.1. The third-order valence-electron chi connectivity index (χ3n) is 7.30. The zero-order chi connectivity index (χ0) is 24.1. The molecule has 1 heterocycles. The van der Waals surface area contributed by atoms with Crippen molar-refractivity contribution in [2.75, 3.05) is 19.6 Å². The van der Waals surface area contributed by atoms with E-state index in [0.29, 0.717) is 27.1 Å². The molecule has 2 aromatic carbocycles. The topological polar surface area (TPSA) is 49.4 Å². The lowest BCUT2D eigenvalue weighted by molar-refractivity contribution is 0.0832. The molecule has 7 heteroatoms. The van der Waals surface area contributed by atoms with Crippen molar-refractivity contribution >= 4 is 34.9 Å². The number of hydrogen-bond acceptors (Lipinski definition) is 3. The average Bonchev–Trinajstić information content (AvgIpc) is 2.84. The number of Topliss-reactive ketones (excluding diaryl/α,β-unsaturated/α-hetero) is 1. The summed E-state index contributed by atoms with van der Waals surface area (Å²) in [5.41, 5.74) is 1.08. The quantitative estimate of drug-likeness (QED) is 0.443. The first-order valence-electron chi connectivity index (χ1n) is 12.2. The van der Waals surface area contributed by atoms with Crippen LogP contribution in [-0.2, 0) is 0 Å². The van der Waals surface area contributed by atoms with Gasteiger partial charge in [-0.2, -0.15) is 0 Å². The molecule has 1 aliphatic carbocycles. The van der Waals surface area contributed by atoms with Gasteiger partial charge in [0.1, 0.15) is 5.82 Å². The molecule has 1 aliphatic heterocycles. The first-order valence-corrected chi connectivity index (χ1v) is 12.9. The maximum Gasteiger partial charge on any atom is 0.253 e. The third-order valence-corrected chi connectivity index (χ3v) is 7.85. The number of ketones is 1. The summed E-state index contributed by atoms with van der Waals surface area (Å²) in [6.07, 6.45) is 7.06. The fraction of sp³-hybridized carbons (Fsp3) is 0.481. The van der Waals surface area contributed by atoms with Crippen LogP contribution in [0.5, 0.6) is 0 Å². The number of piperidine rings is 1. The average molecular weight is 505 g/mol. The predicted octanol–water partition coefficient (Wildman–Crippen LogP) is 6.41. The van der Waals surface area contributed by atoms with Crippen molar-refractivity contribution in [3.8, 4) is 0 Å². The third kappa shape index (κ3) is 6.59. The molecule has 0 aromatic heterocycles. The van der Waals surface area contributed by atoms with Gasteiger partial charge < -0.3 is 10.2 Å². The Morgan fingerprint density at radius 3 is 2.26 bits per heavy atom. The minimum absolute atomic E-state index is 0.0369. The predicted molar refractivity (Wildman–Crippen MR) is 134 cm³/mol. The van der Waals surface area contributed by atoms with Crippen molar-refractivity contribution < 1.29 is 14.0 Å². The number of carbonyl (C=O) groups is 2. The maximum atomic E-state index is 13.1. The Labute approximate surface area is 210 Å². The molecular formula is C27H31Cl2FN2O2. The number of halogens is 3. The molecule has 2 fully saturated rings. The van der Waals surface area contributed by atoms with Crippen LogP contribution in [0.3, 0.4) is 0 Å². The summed E-state index contributed by atoms with van der Waals surface area (Å²) in [4.78, 5) is 27.7. The number of nitrogens with one attached hydrogen (secondary N) is 1. The Balaban J connectivity index is 1.15. The van der Waals surface area contributed by atoms with E-state index in [0.717, 1.165) is 64.6 Å². The van der Waals surface area contributed by atoms with Gasteiger partial charge >= 0.3 is 0 Å². The molecule has 2 aliphatic rings. The monoisotopic (exact) mass is 504 g/mol. The minimum atomic E-state index is -0.311. The van der Waals surface area contributed by atoms with Gasteiger partial charge in [0, 0.05) is 22.5 Å². The van der Waals surface area contributed by atoms with Crippen LogP contribution in [0.4, 0.5) is 4.39 Å². The Morgan fingerprint density at radius 2 is 1.62 bits per heavy atom. The fourth-order valence-corrected chi connectivity index (χ4v) is 5.66. The summed E-state index contributed by atoms with van der Waals surface area (Å²) in [6.45, 7) is 2.93. The summed E-state index contributed by atoms with van der Waals surface area (Å²) >= 11 is 12.1. The van der Waals surface area contributed by atoms with E-state index in [4.69, 9.17) is 23.2 Å². The van der Waals surface area contributed by atoms with Crippen molar-refractivity contribution in [2.45, 2.75) is 51.0 Å². The second-order valence-corrected chi connectivity index (χ2v) is 10.4. The molecule has 1 saturated heterocycles. The summed E-state index contributed by atoms with van der Waals surface area (Å²) in [6, 6.07) is 11.0. The van der Waals surface area contributed by atoms with Crippen LogP contribution < -0.4 is 5.32 Å². The molecule has 1 amide bonds. The van der Waals surface area contributed by atoms with Crippen LogP contribution in [0, 0.1) is 17.7 Å². The van der Waals surface area contributed by atoms with Gasteiger partial charge in [-0.3, -0.25) is 9.59 Å². The van der Waals surface area contributed by atoms with Crippen LogP contribution in [0.25, 0.3) is 0 Å². The number of nitrogens with zero attached hydrogens (tertiary/aromatic N) is 1. The summed E-state index contributed by atoms with van der Waals surface area (Å²) in [5.74, 6) is 0.401. The largest absolute Gasteiger partial charge is 0.349 e. The van der Waals surface area contributed by atoms with Crippen LogP contribution in [-0.4, -0.2) is 42.3 Å². The highest BCUT2D eigenvalue weighted by molar-refractivity contribution is 6.36. The van der Waals surface area contributed by atoms with E-state index in [2.05, 4.69) is 10.2 Å². The molecule has 1 saturated carbocycles. The smallest absolute Gasteiger partial charge is 0.253 e. The lowest BCUT2D eigenvalue weighted by Gasteiger charge is -2.34. The SMILES string of the molecule is O=C(N[C@H]1CC[C@H](CCN2CCC(C(=O)c3ccc(F)cc3)CC2)CC1)c1ccc(Cl)cc1Cl. The number of rotatable bonds is 7. The van der Waals surface area contributed by atoms with Gasteiger partial charge in [-0.15, -0.1) is 0 Å². The van der Waals surface area contributed by atoms with Crippen LogP contribution >= 0.6 is 23.2 Å². The Hall–Kier alpha value is -1.95. The number of amides is 1. The van der Waals surface area contributed by atoms with E-state index in [1.54, 1.807) is 30.3 Å². The number of likely N-dealkylation sites (tertiary alicyclic amines) is 1. The van der Waals surface area contributed by atoms with E-state index in [1.165, 1.54) is 12.1 Å². The second-order valence-electron chi connectivity index (χ2n) is 9.59. The van der Waals surface area contributed by atoms with Gasteiger partial charge in [-0.1, -0.05) is 23.2 Å². The highest BCUT2D eigenvalue weighted by Gasteiger charge is 2.27. The highest BCUT2D eigenvalue weighted by atomic mass is 35.5. The van der Waals surface area contributed by atoms with Gasteiger partial charge in [0.05, 0.1) is 10.6 Å². The highest BCUT2D eigenvalue weighted by Crippen LogP contribution is 2.29. The van der Waals surface area contributed by atoms with Crippen molar-refractivity contribution in [1.29, 1.82) is 0 Å². The molecule has 0 atom stereocenters. The van der Waals surface area contributed by atoms with Gasteiger partial charge in [0.2, 0.25) is 0 Å². The summed E-state index contributed by atoms with van der Waals surface area (Å²) in [7, 11) is 0. The first-order chi connectivity index (χ1) is 16.4. The molecule has 0 radical (unpaired) electrons. The molecule has 0 unspecified atom stereocenters. The second kappa shape index (κ2) is 11.7. The van der Waals surface area contributed by atoms with E-state index >= 15 is 0 Å². The van der Waals surface area contributed by atoms with Crippen LogP contribution in [0.2, 0.25) is 10.0 Å². The van der Waals surface area contributed by atoms with E-state index in [1.807, 2.05) is 0 Å². The van der Waals surface area contributed by atoms with Gasteiger partial charge in [-0.05, 0) is 113 Å². The zero-order valence-electron chi connectivity index (χ0n) is 19.2. The molecule has 0 bridgehead atoms. The molecule has 4 rings (SSSR count).